The number of carbonyl (C=O) groups excluding carboxylic acids is 2. The van der Waals surface area contributed by atoms with Crippen molar-refractivity contribution in [2.75, 3.05) is 18.5 Å². The molecule has 7 nitrogen and oxygen atoms in total. The third-order valence-corrected chi connectivity index (χ3v) is 3.74. The predicted molar refractivity (Wildman–Crippen MR) is 81.0 cm³/mol. The number of nitrogens with one attached hydrogen (secondary N) is 1. The fraction of sp³-hybridized carbons (Fsp3) is 0.267. The molecule has 22 heavy (non-hydrogen) atoms. The van der Waals surface area contributed by atoms with Gasteiger partial charge in [0.25, 0.3) is 11.8 Å². The average molecular weight is 300 g/mol. The van der Waals surface area contributed by atoms with Crippen molar-refractivity contribution in [1.29, 1.82) is 0 Å². The molecule has 0 saturated heterocycles. The van der Waals surface area contributed by atoms with Gasteiger partial charge in [0.1, 0.15) is 5.70 Å². The second-order valence-electron chi connectivity index (χ2n) is 5.14. The van der Waals surface area contributed by atoms with E-state index >= 15 is 0 Å². The third kappa shape index (κ3) is 2.25. The fourth-order valence-corrected chi connectivity index (χ4v) is 2.47. The van der Waals surface area contributed by atoms with E-state index in [1.54, 1.807) is 4.68 Å². The zero-order chi connectivity index (χ0) is 15.9. The molecule has 1 aliphatic rings. The molecule has 2 heterocycles. The largest absolute Gasteiger partial charge is 0.395 e. The molecule has 0 radical (unpaired) electrons. The summed E-state index contributed by atoms with van der Waals surface area (Å²) < 4.78 is 1.79. The maximum Gasteiger partial charge on any atom is 0.277 e. The van der Waals surface area contributed by atoms with Crippen LogP contribution in [0, 0.1) is 6.92 Å². The molecule has 7 heteroatoms. The van der Waals surface area contributed by atoms with Crippen LogP contribution in [0.15, 0.2) is 30.0 Å². The Morgan fingerprint density at radius 1 is 1.32 bits per heavy atom. The Hall–Kier alpha value is -2.67. The molecule has 0 unspecified atom stereocenters. The van der Waals surface area contributed by atoms with Crippen LogP contribution in [-0.4, -0.2) is 44.8 Å². The highest BCUT2D eigenvalue weighted by molar-refractivity contribution is 6.17. The zero-order valence-corrected chi connectivity index (χ0v) is 12.3. The first-order valence-electron chi connectivity index (χ1n) is 6.90. The van der Waals surface area contributed by atoms with Crippen molar-refractivity contribution in [2.24, 2.45) is 7.05 Å². The molecule has 1 aliphatic heterocycles. The molecule has 114 valence electrons. The van der Waals surface area contributed by atoms with Gasteiger partial charge in [-0.05, 0) is 25.1 Å². The maximum atomic E-state index is 12.1. The highest BCUT2D eigenvalue weighted by Crippen LogP contribution is 2.23. The van der Waals surface area contributed by atoms with Crippen LogP contribution in [0.1, 0.15) is 5.69 Å². The molecule has 0 fully saturated rings. The van der Waals surface area contributed by atoms with Crippen molar-refractivity contribution < 1.29 is 14.7 Å². The topological polar surface area (TPSA) is 87.5 Å². The number of β-amino-alcohol motifs (C(OH)–C–C–N with tert-alkyl or cyclic N) is 1. The number of aryl methyl sites for hydroxylation is 2. The first kappa shape index (κ1) is 14.3. The number of imide groups is 1. The van der Waals surface area contributed by atoms with E-state index in [9.17, 15) is 9.59 Å². The molecule has 3 rings (SSSR count). The van der Waals surface area contributed by atoms with Gasteiger partial charge < -0.3 is 10.4 Å². The summed E-state index contributed by atoms with van der Waals surface area (Å²) in [6, 6.07) is 5.56. The monoisotopic (exact) mass is 300 g/mol. The number of aromatic nitrogens is 2. The standard InChI is InChI=1S/C15H16N4O3/c1-9-11-7-10(3-4-12(11)17-18(9)2)16-13-8-14(21)19(5-6-20)15(13)22/h3-4,7-8,16,20H,5-6H2,1-2H3. The maximum absolute atomic E-state index is 12.1. The number of benzene rings is 1. The number of rotatable bonds is 4. The number of carbonyl (C=O) groups is 2. The van der Waals surface area contributed by atoms with Gasteiger partial charge in [0.05, 0.1) is 18.7 Å². The quantitative estimate of drug-likeness (QED) is 0.805. The van der Waals surface area contributed by atoms with Crippen molar-refractivity contribution >= 4 is 28.4 Å². The number of fused-ring (bicyclic) bond motifs is 1. The molecular weight excluding hydrogens is 284 g/mol. The van der Waals surface area contributed by atoms with Gasteiger partial charge in [0.2, 0.25) is 0 Å². The number of anilines is 1. The molecule has 0 spiro atoms. The summed E-state index contributed by atoms with van der Waals surface area (Å²) >= 11 is 0. The fourth-order valence-electron chi connectivity index (χ4n) is 2.47. The Morgan fingerprint density at radius 3 is 2.82 bits per heavy atom. The van der Waals surface area contributed by atoms with Crippen molar-refractivity contribution in [3.8, 4) is 0 Å². The van der Waals surface area contributed by atoms with Gasteiger partial charge in [-0.3, -0.25) is 19.2 Å². The van der Waals surface area contributed by atoms with Crippen molar-refractivity contribution in [2.45, 2.75) is 6.92 Å². The lowest BCUT2D eigenvalue weighted by Gasteiger charge is -2.13. The lowest BCUT2D eigenvalue weighted by Crippen LogP contribution is -2.34. The first-order valence-corrected chi connectivity index (χ1v) is 6.90. The van der Waals surface area contributed by atoms with Crippen LogP contribution < -0.4 is 5.32 Å². The summed E-state index contributed by atoms with van der Waals surface area (Å²) in [5.41, 5.74) is 2.81. The highest BCUT2D eigenvalue weighted by Gasteiger charge is 2.30. The lowest BCUT2D eigenvalue weighted by atomic mass is 10.2. The molecule has 2 N–H and O–H groups in total. The Labute approximate surface area is 126 Å². The highest BCUT2D eigenvalue weighted by atomic mass is 16.3. The zero-order valence-electron chi connectivity index (χ0n) is 12.3. The molecule has 0 aliphatic carbocycles. The van der Waals surface area contributed by atoms with Crippen molar-refractivity contribution in [3.63, 3.8) is 0 Å². The third-order valence-electron chi connectivity index (χ3n) is 3.74. The Morgan fingerprint density at radius 2 is 2.09 bits per heavy atom. The summed E-state index contributed by atoms with van der Waals surface area (Å²) in [5, 5.41) is 17.2. The van der Waals surface area contributed by atoms with E-state index in [4.69, 9.17) is 5.11 Å². The summed E-state index contributed by atoms with van der Waals surface area (Å²) in [6.45, 7) is 1.71. The molecule has 0 saturated carbocycles. The summed E-state index contributed by atoms with van der Waals surface area (Å²) in [4.78, 5) is 24.8. The minimum absolute atomic E-state index is 0.0000944. The van der Waals surface area contributed by atoms with Gasteiger partial charge >= 0.3 is 0 Å². The number of aliphatic hydroxyl groups excluding tert-OH is 1. The van der Waals surface area contributed by atoms with Crippen LogP contribution in [0.3, 0.4) is 0 Å². The Kier molecular flexibility index (Phi) is 3.42. The van der Waals surface area contributed by atoms with Crippen molar-refractivity contribution in [3.05, 3.63) is 35.7 Å². The molecule has 2 amide bonds. The van der Waals surface area contributed by atoms with Crippen LogP contribution in [0.2, 0.25) is 0 Å². The Balaban J connectivity index is 1.87. The first-order chi connectivity index (χ1) is 10.5. The van der Waals surface area contributed by atoms with Crippen LogP contribution in [0.5, 0.6) is 0 Å². The number of aliphatic hydroxyl groups is 1. The molecule has 0 bridgehead atoms. The normalized spacial score (nSPS) is 14.9. The van der Waals surface area contributed by atoms with Crippen LogP contribution in [0.4, 0.5) is 5.69 Å². The average Bonchev–Trinajstić information content (AvgIpc) is 2.91. The summed E-state index contributed by atoms with van der Waals surface area (Å²) in [5.74, 6) is -0.845. The van der Waals surface area contributed by atoms with Gasteiger partial charge in [-0.25, -0.2) is 0 Å². The number of amides is 2. The smallest absolute Gasteiger partial charge is 0.277 e. The molecule has 1 aromatic heterocycles. The lowest BCUT2D eigenvalue weighted by molar-refractivity contribution is -0.137. The van der Waals surface area contributed by atoms with E-state index in [2.05, 4.69) is 10.4 Å². The van der Waals surface area contributed by atoms with Crippen LogP contribution >= 0.6 is 0 Å². The van der Waals surface area contributed by atoms with Gasteiger partial charge in [0.15, 0.2) is 0 Å². The second-order valence-corrected chi connectivity index (χ2v) is 5.14. The van der Waals surface area contributed by atoms with Gasteiger partial charge in [-0.15, -0.1) is 0 Å². The van der Waals surface area contributed by atoms with E-state index in [1.165, 1.54) is 6.08 Å². The second kappa shape index (κ2) is 5.27. The van der Waals surface area contributed by atoms with E-state index in [-0.39, 0.29) is 18.8 Å². The number of nitrogens with zero attached hydrogens (tertiary/aromatic N) is 3. The van der Waals surface area contributed by atoms with Gasteiger partial charge in [0, 0.05) is 29.9 Å². The predicted octanol–water partition coefficient (Wildman–Crippen LogP) is 0.539. The SMILES string of the molecule is Cc1c2cc(NC3=CC(=O)N(CCO)C3=O)ccc2nn1C. The Bertz CT molecular complexity index is 806. The van der Waals surface area contributed by atoms with Crippen LogP contribution in [0.25, 0.3) is 10.9 Å². The minimum atomic E-state index is -0.429. The summed E-state index contributed by atoms with van der Waals surface area (Å²) in [6.07, 6.45) is 1.25. The molecule has 0 atom stereocenters. The number of hydrogen-bond donors (Lipinski definition) is 2. The molecular formula is C15H16N4O3. The number of hydrogen-bond acceptors (Lipinski definition) is 5. The molecule has 2 aromatic rings. The van der Waals surface area contributed by atoms with E-state index in [0.717, 1.165) is 21.5 Å². The minimum Gasteiger partial charge on any atom is -0.395 e. The van der Waals surface area contributed by atoms with Gasteiger partial charge in [-0.2, -0.15) is 5.10 Å². The van der Waals surface area contributed by atoms with Crippen LogP contribution in [-0.2, 0) is 16.6 Å². The molecule has 1 aromatic carbocycles. The van der Waals surface area contributed by atoms with E-state index < -0.39 is 11.8 Å². The summed E-state index contributed by atoms with van der Waals surface area (Å²) in [7, 11) is 1.87. The van der Waals surface area contributed by atoms with Gasteiger partial charge in [-0.1, -0.05) is 0 Å². The van der Waals surface area contributed by atoms with E-state index in [1.807, 2.05) is 32.2 Å². The van der Waals surface area contributed by atoms with Crippen molar-refractivity contribution in [1.82, 2.24) is 14.7 Å². The van der Waals surface area contributed by atoms with E-state index in [0.29, 0.717) is 5.69 Å².